The minimum atomic E-state index is -0.464. The Bertz CT molecular complexity index is 640. The molecule has 1 fully saturated rings. The van der Waals surface area contributed by atoms with Gasteiger partial charge >= 0.3 is 0 Å². The molecule has 2 rings (SSSR count). The van der Waals surface area contributed by atoms with E-state index in [0.29, 0.717) is 37.4 Å². The fraction of sp³-hybridized carbons (Fsp3) is 0.467. The first-order chi connectivity index (χ1) is 11.1. The van der Waals surface area contributed by atoms with Crippen molar-refractivity contribution in [2.75, 3.05) is 31.1 Å². The summed E-state index contributed by atoms with van der Waals surface area (Å²) in [7, 11) is 0. The predicted octanol–water partition coefficient (Wildman–Crippen LogP) is 0.758. The monoisotopic (exact) mass is 317 g/mol. The topological polar surface area (TPSA) is 125 Å². The van der Waals surface area contributed by atoms with Gasteiger partial charge < -0.3 is 16.0 Å². The first-order valence-corrected chi connectivity index (χ1v) is 7.48. The number of nitro groups is 1. The van der Waals surface area contributed by atoms with Crippen LogP contribution in [0.15, 0.2) is 18.2 Å². The molecule has 1 atom stereocenters. The number of carbonyl (C=O) groups is 1. The maximum Gasteiger partial charge on any atom is 0.292 e. The standard InChI is InChI=1S/C15H19N5O3/c16-5-6-18-15(21)12-2-1-7-19(10-12)14-8-11(9-17)3-4-13(14)20(22)23/h3-4,8,12H,1-2,5-7,10,16H2,(H,18,21). The maximum absolute atomic E-state index is 12.1. The Morgan fingerprint density at radius 1 is 1.57 bits per heavy atom. The molecule has 23 heavy (non-hydrogen) atoms. The molecular weight excluding hydrogens is 298 g/mol. The molecule has 0 radical (unpaired) electrons. The van der Waals surface area contributed by atoms with Crippen molar-refractivity contribution in [1.82, 2.24) is 5.32 Å². The number of rotatable bonds is 5. The number of benzene rings is 1. The number of nitrogens with one attached hydrogen (secondary N) is 1. The van der Waals surface area contributed by atoms with E-state index in [1.165, 1.54) is 18.2 Å². The number of nitriles is 1. The van der Waals surface area contributed by atoms with Gasteiger partial charge in [0.05, 0.1) is 22.5 Å². The first kappa shape index (κ1) is 16.7. The minimum absolute atomic E-state index is 0.0491. The van der Waals surface area contributed by atoms with E-state index in [4.69, 9.17) is 11.0 Å². The summed E-state index contributed by atoms with van der Waals surface area (Å²) < 4.78 is 0. The smallest absolute Gasteiger partial charge is 0.292 e. The predicted molar refractivity (Wildman–Crippen MR) is 84.8 cm³/mol. The van der Waals surface area contributed by atoms with E-state index in [1.54, 1.807) is 0 Å². The van der Waals surface area contributed by atoms with Gasteiger partial charge in [0.1, 0.15) is 5.69 Å². The van der Waals surface area contributed by atoms with Crippen molar-refractivity contribution in [2.45, 2.75) is 12.8 Å². The molecule has 1 aromatic carbocycles. The largest absolute Gasteiger partial charge is 0.365 e. The summed E-state index contributed by atoms with van der Waals surface area (Å²) >= 11 is 0. The second-order valence-corrected chi connectivity index (χ2v) is 5.44. The Labute approximate surface area is 134 Å². The van der Waals surface area contributed by atoms with E-state index < -0.39 is 4.92 Å². The van der Waals surface area contributed by atoms with Crippen LogP contribution in [0.25, 0.3) is 0 Å². The molecule has 3 N–H and O–H groups in total. The lowest BCUT2D eigenvalue weighted by molar-refractivity contribution is -0.384. The Hall–Kier alpha value is -2.66. The zero-order chi connectivity index (χ0) is 16.8. The van der Waals surface area contributed by atoms with Gasteiger partial charge in [-0.25, -0.2) is 0 Å². The van der Waals surface area contributed by atoms with Crippen molar-refractivity contribution in [3.05, 3.63) is 33.9 Å². The van der Waals surface area contributed by atoms with Gasteiger partial charge in [0, 0.05) is 32.2 Å². The lowest BCUT2D eigenvalue weighted by atomic mass is 9.96. The number of nitrogens with two attached hydrogens (primary N) is 1. The maximum atomic E-state index is 12.1. The Balaban J connectivity index is 2.22. The third kappa shape index (κ3) is 3.96. The molecule has 122 valence electrons. The summed E-state index contributed by atoms with van der Waals surface area (Å²) in [4.78, 5) is 24.7. The van der Waals surface area contributed by atoms with E-state index >= 15 is 0 Å². The highest BCUT2D eigenvalue weighted by Crippen LogP contribution is 2.32. The van der Waals surface area contributed by atoms with Crippen molar-refractivity contribution >= 4 is 17.3 Å². The first-order valence-electron chi connectivity index (χ1n) is 7.48. The number of anilines is 1. The number of hydrogen-bond acceptors (Lipinski definition) is 6. The molecule has 1 unspecified atom stereocenters. The van der Waals surface area contributed by atoms with Crippen LogP contribution in [0.5, 0.6) is 0 Å². The third-order valence-corrected chi connectivity index (χ3v) is 3.88. The molecule has 1 saturated heterocycles. The number of hydrogen-bond donors (Lipinski definition) is 2. The zero-order valence-electron chi connectivity index (χ0n) is 12.7. The molecule has 8 heteroatoms. The normalized spacial score (nSPS) is 17.4. The van der Waals surface area contributed by atoms with Crippen LogP contribution in [0.4, 0.5) is 11.4 Å². The Morgan fingerprint density at radius 2 is 2.35 bits per heavy atom. The van der Waals surface area contributed by atoms with Gasteiger partial charge in [-0.05, 0) is 25.0 Å². The molecule has 8 nitrogen and oxygen atoms in total. The lowest BCUT2D eigenvalue weighted by Gasteiger charge is -2.33. The zero-order valence-corrected chi connectivity index (χ0v) is 12.7. The van der Waals surface area contributed by atoms with Crippen LogP contribution >= 0.6 is 0 Å². The quantitative estimate of drug-likeness (QED) is 0.610. The summed E-state index contributed by atoms with van der Waals surface area (Å²) in [5, 5.41) is 23.0. The van der Waals surface area contributed by atoms with Gasteiger partial charge in [0.15, 0.2) is 0 Å². The van der Waals surface area contributed by atoms with E-state index in [2.05, 4.69) is 5.32 Å². The van der Waals surface area contributed by atoms with Crippen LogP contribution < -0.4 is 16.0 Å². The van der Waals surface area contributed by atoms with Crippen molar-refractivity contribution < 1.29 is 9.72 Å². The van der Waals surface area contributed by atoms with Crippen LogP contribution in [-0.2, 0) is 4.79 Å². The second kappa shape index (κ2) is 7.56. The van der Waals surface area contributed by atoms with E-state index in [9.17, 15) is 14.9 Å². The second-order valence-electron chi connectivity index (χ2n) is 5.44. The molecule has 1 aliphatic rings. The molecule has 0 bridgehead atoms. The fourth-order valence-corrected chi connectivity index (χ4v) is 2.75. The summed E-state index contributed by atoms with van der Waals surface area (Å²) in [5.41, 5.74) is 6.09. The van der Waals surface area contributed by atoms with Crippen LogP contribution in [0.2, 0.25) is 0 Å². The van der Waals surface area contributed by atoms with Crippen molar-refractivity contribution in [3.8, 4) is 6.07 Å². The van der Waals surface area contributed by atoms with Crippen LogP contribution in [0.3, 0.4) is 0 Å². The molecule has 1 aromatic rings. The van der Waals surface area contributed by atoms with E-state index in [-0.39, 0.29) is 17.5 Å². The molecule has 0 spiro atoms. The van der Waals surface area contributed by atoms with Gasteiger partial charge in [-0.1, -0.05) is 0 Å². The number of nitrogens with zero attached hydrogens (tertiary/aromatic N) is 3. The summed E-state index contributed by atoms with van der Waals surface area (Å²) in [6, 6.07) is 6.27. The van der Waals surface area contributed by atoms with Gasteiger partial charge in [-0.2, -0.15) is 5.26 Å². The van der Waals surface area contributed by atoms with Crippen molar-refractivity contribution in [1.29, 1.82) is 5.26 Å². The fourth-order valence-electron chi connectivity index (χ4n) is 2.75. The van der Waals surface area contributed by atoms with Crippen LogP contribution in [0.1, 0.15) is 18.4 Å². The number of piperidine rings is 1. The molecule has 1 heterocycles. The molecule has 0 aromatic heterocycles. The molecule has 1 aliphatic heterocycles. The highest BCUT2D eigenvalue weighted by atomic mass is 16.6. The molecule has 0 saturated carbocycles. The number of amides is 1. The molecule has 1 amide bonds. The SMILES string of the molecule is N#Cc1ccc([N+](=O)[O-])c(N2CCCC(C(=O)NCCN)C2)c1. The highest BCUT2D eigenvalue weighted by Gasteiger charge is 2.29. The van der Waals surface area contributed by atoms with Gasteiger partial charge in [-0.3, -0.25) is 14.9 Å². The molecular formula is C15H19N5O3. The van der Waals surface area contributed by atoms with Gasteiger partial charge in [-0.15, -0.1) is 0 Å². The van der Waals surface area contributed by atoms with Gasteiger partial charge in [0.2, 0.25) is 5.91 Å². The average molecular weight is 317 g/mol. The Morgan fingerprint density at radius 3 is 3.00 bits per heavy atom. The summed E-state index contributed by atoms with van der Waals surface area (Å²) in [6.07, 6.45) is 1.49. The van der Waals surface area contributed by atoms with Crippen molar-refractivity contribution in [3.63, 3.8) is 0 Å². The Kier molecular flexibility index (Phi) is 5.49. The minimum Gasteiger partial charge on any atom is -0.365 e. The summed E-state index contributed by atoms with van der Waals surface area (Å²) in [5.74, 6) is -0.320. The number of carbonyl (C=O) groups excluding carboxylic acids is 1. The van der Waals surface area contributed by atoms with Gasteiger partial charge in [0.25, 0.3) is 5.69 Å². The van der Waals surface area contributed by atoms with Crippen LogP contribution in [-0.4, -0.2) is 37.0 Å². The van der Waals surface area contributed by atoms with E-state index in [1.807, 2.05) is 11.0 Å². The third-order valence-electron chi connectivity index (χ3n) is 3.88. The lowest BCUT2D eigenvalue weighted by Crippen LogP contribution is -2.44. The average Bonchev–Trinajstić information content (AvgIpc) is 2.59. The number of nitro benzene ring substituents is 1. The van der Waals surface area contributed by atoms with Crippen LogP contribution in [0, 0.1) is 27.4 Å². The highest BCUT2D eigenvalue weighted by molar-refractivity contribution is 5.80. The molecule has 0 aliphatic carbocycles. The van der Waals surface area contributed by atoms with E-state index in [0.717, 1.165) is 12.8 Å². The summed E-state index contributed by atoms with van der Waals surface area (Å²) in [6.45, 7) is 1.81. The van der Waals surface area contributed by atoms with Crippen molar-refractivity contribution in [2.24, 2.45) is 11.7 Å².